The third-order valence-corrected chi connectivity index (χ3v) is 4.65. The standard InChI is InChI=1S/C15H19BrN2O3/c1-3-15(13(19)20)7-4-8-18(15)14(21)17-12-9-11(16)6-5-10(12)2/h5-6,9H,3-4,7-8H2,1-2H3,(H,17,21)(H,19,20). The maximum absolute atomic E-state index is 12.5. The van der Waals surface area contributed by atoms with Crippen molar-refractivity contribution in [3.63, 3.8) is 0 Å². The van der Waals surface area contributed by atoms with Gasteiger partial charge in [-0.2, -0.15) is 0 Å². The number of amides is 2. The summed E-state index contributed by atoms with van der Waals surface area (Å²) in [5, 5.41) is 12.3. The number of likely N-dealkylation sites (tertiary alicyclic amines) is 1. The number of hydrogen-bond acceptors (Lipinski definition) is 2. The van der Waals surface area contributed by atoms with Gasteiger partial charge in [0.2, 0.25) is 0 Å². The number of carbonyl (C=O) groups is 2. The second-order valence-electron chi connectivity index (χ2n) is 5.33. The summed E-state index contributed by atoms with van der Waals surface area (Å²) >= 11 is 3.37. The van der Waals surface area contributed by atoms with E-state index < -0.39 is 11.5 Å². The van der Waals surface area contributed by atoms with E-state index in [4.69, 9.17) is 0 Å². The second-order valence-corrected chi connectivity index (χ2v) is 6.25. The van der Waals surface area contributed by atoms with E-state index in [2.05, 4.69) is 21.2 Å². The Bertz CT molecular complexity index is 576. The van der Waals surface area contributed by atoms with E-state index in [9.17, 15) is 14.7 Å². The second kappa shape index (κ2) is 6.05. The molecular weight excluding hydrogens is 336 g/mol. The highest BCUT2D eigenvalue weighted by molar-refractivity contribution is 9.10. The van der Waals surface area contributed by atoms with Crippen molar-refractivity contribution in [1.82, 2.24) is 4.90 Å². The smallest absolute Gasteiger partial charge is 0.329 e. The lowest BCUT2D eigenvalue weighted by Gasteiger charge is -2.34. The van der Waals surface area contributed by atoms with Crippen LogP contribution >= 0.6 is 15.9 Å². The third kappa shape index (κ3) is 2.90. The van der Waals surface area contributed by atoms with Gasteiger partial charge in [0, 0.05) is 16.7 Å². The molecule has 21 heavy (non-hydrogen) atoms. The fourth-order valence-corrected chi connectivity index (χ4v) is 3.19. The first-order valence-electron chi connectivity index (χ1n) is 6.99. The lowest BCUT2D eigenvalue weighted by Crippen LogP contribution is -2.54. The number of nitrogens with one attached hydrogen (secondary N) is 1. The topological polar surface area (TPSA) is 69.6 Å². The summed E-state index contributed by atoms with van der Waals surface area (Å²) in [7, 11) is 0. The molecule has 1 saturated heterocycles. The fourth-order valence-electron chi connectivity index (χ4n) is 2.83. The van der Waals surface area contributed by atoms with Gasteiger partial charge in [0.05, 0.1) is 0 Å². The Kier molecular flexibility index (Phi) is 4.56. The number of nitrogens with zero attached hydrogens (tertiary/aromatic N) is 1. The molecule has 0 bridgehead atoms. The number of carbonyl (C=O) groups excluding carboxylic acids is 1. The van der Waals surface area contributed by atoms with Crippen LogP contribution in [0.25, 0.3) is 0 Å². The molecule has 1 aromatic rings. The molecule has 6 heteroatoms. The number of rotatable bonds is 3. The van der Waals surface area contributed by atoms with Crippen LogP contribution in [0.2, 0.25) is 0 Å². The first kappa shape index (κ1) is 15.8. The molecule has 1 heterocycles. The Hall–Kier alpha value is -1.56. The SMILES string of the molecule is CCC1(C(=O)O)CCCN1C(=O)Nc1cc(Br)ccc1C. The summed E-state index contributed by atoms with van der Waals surface area (Å²) in [6.45, 7) is 4.18. The van der Waals surface area contributed by atoms with Crippen LogP contribution in [0, 0.1) is 6.92 Å². The number of halogens is 1. The monoisotopic (exact) mass is 354 g/mol. The van der Waals surface area contributed by atoms with Crippen molar-refractivity contribution in [3.8, 4) is 0 Å². The highest BCUT2D eigenvalue weighted by Gasteiger charge is 2.48. The quantitative estimate of drug-likeness (QED) is 0.870. The van der Waals surface area contributed by atoms with Gasteiger partial charge in [-0.25, -0.2) is 9.59 Å². The van der Waals surface area contributed by atoms with E-state index in [1.54, 1.807) is 0 Å². The van der Waals surface area contributed by atoms with Crippen LogP contribution in [0.4, 0.5) is 10.5 Å². The summed E-state index contributed by atoms with van der Waals surface area (Å²) in [5.74, 6) is -0.927. The molecule has 2 amide bonds. The summed E-state index contributed by atoms with van der Waals surface area (Å²) in [4.78, 5) is 25.6. The zero-order valence-corrected chi connectivity index (χ0v) is 13.7. The van der Waals surface area contributed by atoms with Crippen LogP contribution in [0.3, 0.4) is 0 Å². The number of aliphatic carboxylic acids is 1. The molecule has 1 atom stereocenters. The fraction of sp³-hybridized carbons (Fsp3) is 0.467. The van der Waals surface area contributed by atoms with Crippen LogP contribution in [-0.2, 0) is 4.79 Å². The summed E-state index contributed by atoms with van der Waals surface area (Å²) in [5.41, 5.74) is 0.545. The first-order valence-corrected chi connectivity index (χ1v) is 7.78. The number of carboxylic acid groups (broad SMARTS) is 1. The molecule has 0 radical (unpaired) electrons. The molecule has 1 aliphatic rings. The zero-order chi connectivity index (χ0) is 15.6. The van der Waals surface area contributed by atoms with Crippen molar-refractivity contribution in [2.75, 3.05) is 11.9 Å². The normalized spacial score (nSPS) is 21.4. The average molecular weight is 355 g/mol. The number of hydrogen-bond donors (Lipinski definition) is 2. The van der Waals surface area contributed by atoms with E-state index >= 15 is 0 Å². The Morgan fingerprint density at radius 1 is 1.48 bits per heavy atom. The number of aryl methyl sites for hydroxylation is 1. The van der Waals surface area contributed by atoms with Gasteiger partial charge in [0.1, 0.15) is 5.54 Å². The molecule has 114 valence electrons. The van der Waals surface area contributed by atoms with Gasteiger partial charge in [-0.05, 0) is 43.9 Å². The van der Waals surface area contributed by atoms with Gasteiger partial charge >= 0.3 is 12.0 Å². The zero-order valence-electron chi connectivity index (χ0n) is 12.1. The van der Waals surface area contributed by atoms with Crippen molar-refractivity contribution in [3.05, 3.63) is 28.2 Å². The predicted octanol–water partition coefficient (Wildman–Crippen LogP) is 3.62. The number of benzene rings is 1. The van der Waals surface area contributed by atoms with Crippen molar-refractivity contribution >= 4 is 33.6 Å². The maximum atomic E-state index is 12.5. The van der Waals surface area contributed by atoms with Crippen LogP contribution in [0.5, 0.6) is 0 Å². The van der Waals surface area contributed by atoms with Crippen LogP contribution in [-0.4, -0.2) is 34.1 Å². The highest BCUT2D eigenvalue weighted by Crippen LogP contribution is 2.33. The summed E-state index contributed by atoms with van der Waals surface area (Å²) in [6.07, 6.45) is 1.63. The number of urea groups is 1. The molecule has 1 fully saturated rings. The van der Waals surface area contributed by atoms with E-state index in [0.29, 0.717) is 31.5 Å². The van der Waals surface area contributed by atoms with E-state index in [1.165, 1.54) is 4.90 Å². The van der Waals surface area contributed by atoms with Crippen molar-refractivity contribution in [2.24, 2.45) is 0 Å². The van der Waals surface area contributed by atoms with Crippen molar-refractivity contribution in [1.29, 1.82) is 0 Å². The molecule has 5 nitrogen and oxygen atoms in total. The molecular formula is C15H19BrN2O3. The third-order valence-electron chi connectivity index (χ3n) is 4.16. The molecule has 0 saturated carbocycles. The maximum Gasteiger partial charge on any atom is 0.329 e. The lowest BCUT2D eigenvalue weighted by molar-refractivity contribution is -0.148. The molecule has 2 rings (SSSR count). The van der Waals surface area contributed by atoms with Crippen molar-refractivity contribution in [2.45, 2.75) is 38.6 Å². The molecule has 2 N–H and O–H groups in total. The van der Waals surface area contributed by atoms with E-state index in [1.807, 2.05) is 32.0 Å². The summed E-state index contributed by atoms with van der Waals surface area (Å²) < 4.78 is 0.866. The summed E-state index contributed by atoms with van der Waals surface area (Å²) in [6, 6.07) is 5.26. The van der Waals surface area contributed by atoms with Crippen LogP contribution in [0.1, 0.15) is 31.7 Å². The Morgan fingerprint density at radius 2 is 2.19 bits per heavy atom. The van der Waals surface area contributed by atoms with Crippen LogP contribution < -0.4 is 5.32 Å². The molecule has 1 unspecified atom stereocenters. The minimum absolute atomic E-state index is 0.349. The average Bonchev–Trinajstić information content (AvgIpc) is 2.88. The first-order chi connectivity index (χ1) is 9.90. The largest absolute Gasteiger partial charge is 0.479 e. The van der Waals surface area contributed by atoms with Gasteiger partial charge in [-0.3, -0.25) is 0 Å². The highest BCUT2D eigenvalue weighted by atomic mass is 79.9. The Labute approximate surface area is 132 Å². The Morgan fingerprint density at radius 3 is 2.81 bits per heavy atom. The van der Waals surface area contributed by atoms with Crippen LogP contribution in [0.15, 0.2) is 22.7 Å². The number of anilines is 1. The lowest BCUT2D eigenvalue weighted by atomic mass is 9.93. The van der Waals surface area contributed by atoms with Gasteiger partial charge in [0.15, 0.2) is 0 Å². The minimum atomic E-state index is -1.08. The van der Waals surface area contributed by atoms with Crippen molar-refractivity contribution < 1.29 is 14.7 Å². The molecule has 1 aliphatic heterocycles. The number of carboxylic acids is 1. The van der Waals surface area contributed by atoms with Gasteiger partial charge in [-0.15, -0.1) is 0 Å². The molecule has 0 aromatic heterocycles. The Balaban J connectivity index is 2.23. The minimum Gasteiger partial charge on any atom is -0.479 e. The van der Waals surface area contributed by atoms with E-state index in [-0.39, 0.29) is 6.03 Å². The van der Waals surface area contributed by atoms with E-state index in [0.717, 1.165) is 10.0 Å². The van der Waals surface area contributed by atoms with Gasteiger partial charge in [0.25, 0.3) is 0 Å². The molecule has 0 spiro atoms. The van der Waals surface area contributed by atoms with Gasteiger partial charge in [-0.1, -0.05) is 28.9 Å². The molecule has 0 aliphatic carbocycles. The predicted molar refractivity (Wildman–Crippen MR) is 84.5 cm³/mol. The molecule has 1 aromatic carbocycles. The van der Waals surface area contributed by atoms with Gasteiger partial charge < -0.3 is 15.3 Å².